The highest BCUT2D eigenvalue weighted by molar-refractivity contribution is 6.45. The van der Waals surface area contributed by atoms with Crippen molar-refractivity contribution in [2.24, 2.45) is 0 Å². The molecule has 8 heteroatoms. The van der Waals surface area contributed by atoms with Crippen LogP contribution < -0.4 is 5.32 Å². The molecule has 1 saturated heterocycles. The van der Waals surface area contributed by atoms with Crippen LogP contribution in [0.1, 0.15) is 31.1 Å². The molecule has 1 aromatic rings. The molecule has 0 saturated carbocycles. The fraction of sp³-hybridized carbons (Fsp3) is 0.312. The Morgan fingerprint density at radius 2 is 1.62 bits per heavy atom. The summed E-state index contributed by atoms with van der Waals surface area (Å²) in [5.41, 5.74) is 0.909. The summed E-state index contributed by atoms with van der Waals surface area (Å²) in [4.78, 5) is 60.3. The number of benzene rings is 1. The molecule has 24 heavy (non-hydrogen) atoms. The van der Waals surface area contributed by atoms with Gasteiger partial charge in [-0.1, -0.05) is 0 Å². The maximum absolute atomic E-state index is 12.1. The molecule has 0 bridgehead atoms. The Hall–Kier alpha value is -3.03. The minimum atomic E-state index is -1.02. The van der Waals surface area contributed by atoms with Gasteiger partial charge in [0, 0.05) is 17.3 Å². The smallest absolute Gasteiger partial charge is 0.325 e. The largest absolute Gasteiger partial charge is 0.334 e. The van der Waals surface area contributed by atoms with Crippen molar-refractivity contribution in [3.63, 3.8) is 0 Å². The lowest BCUT2D eigenvalue weighted by Crippen LogP contribution is -2.40. The molecule has 0 unspecified atom stereocenters. The molecule has 1 fully saturated rings. The average molecular weight is 331 g/mol. The van der Waals surface area contributed by atoms with Crippen molar-refractivity contribution in [1.29, 1.82) is 0 Å². The van der Waals surface area contributed by atoms with Gasteiger partial charge in [0.05, 0.1) is 0 Å². The number of nitrogens with one attached hydrogen (secondary N) is 1. The van der Waals surface area contributed by atoms with Crippen LogP contribution >= 0.6 is 0 Å². The molecular weight excluding hydrogens is 314 g/mol. The SMILES string of the molecule is CC(=O)c1ccc(NC(=O)CN2C(=O)C(=O)N(C(C)C)C2=O)cc1. The highest BCUT2D eigenvalue weighted by atomic mass is 16.2. The van der Waals surface area contributed by atoms with Crippen LogP contribution in [-0.2, 0) is 14.4 Å². The third kappa shape index (κ3) is 3.32. The van der Waals surface area contributed by atoms with Crippen molar-refractivity contribution in [3.8, 4) is 0 Å². The van der Waals surface area contributed by atoms with E-state index in [2.05, 4.69) is 5.32 Å². The van der Waals surface area contributed by atoms with E-state index in [1.165, 1.54) is 19.1 Å². The van der Waals surface area contributed by atoms with Gasteiger partial charge < -0.3 is 5.32 Å². The van der Waals surface area contributed by atoms with Crippen LogP contribution in [0.4, 0.5) is 10.5 Å². The van der Waals surface area contributed by atoms with Crippen LogP contribution in [0, 0.1) is 0 Å². The summed E-state index contributed by atoms with van der Waals surface area (Å²) in [6.45, 7) is 4.07. The average Bonchev–Trinajstić information content (AvgIpc) is 2.71. The second-order valence-corrected chi connectivity index (χ2v) is 5.62. The number of amides is 5. The van der Waals surface area contributed by atoms with E-state index >= 15 is 0 Å². The van der Waals surface area contributed by atoms with Crippen LogP contribution in [-0.4, -0.2) is 51.9 Å². The first kappa shape index (κ1) is 17.3. The van der Waals surface area contributed by atoms with Gasteiger partial charge in [-0.3, -0.25) is 24.1 Å². The van der Waals surface area contributed by atoms with Crippen LogP contribution in [0.2, 0.25) is 0 Å². The van der Waals surface area contributed by atoms with E-state index in [0.29, 0.717) is 16.2 Å². The summed E-state index contributed by atoms with van der Waals surface area (Å²) in [7, 11) is 0. The fourth-order valence-electron chi connectivity index (χ4n) is 2.25. The number of carbonyl (C=O) groups is 5. The summed E-state index contributed by atoms with van der Waals surface area (Å²) in [5, 5.41) is 2.51. The first-order valence-corrected chi connectivity index (χ1v) is 7.32. The normalized spacial score (nSPS) is 14.6. The summed E-state index contributed by atoms with van der Waals surface area (Å²) in [6.07, 6.45) is 0. The predicted molar refractivity (Wildman–Crippen MR) is 84.2 cm³/mol. The molecule has 0 atom stereocenters. The van der Waals surface area contributed by atoms with Crippen LogP contribution in [0.5, 0.6) is 0 Å². The minimum absolute atomic E-state index is 0.103. The zero-order valence-corrected chi connectivity index (χ0v) is 13.5. The number of ketones is 1. The fourth-order valence-corrected chi connectivity index (χ4v) is 2.25. The second-order valence-electron chi connectivity index (χ2n) is 5.62. The third-order valence-electron chi connectivity index (χ3n) is 3.48. The van der Waals surface area contributed by atoms with Crippen molar-refractivity contribution >= 4 is 35.2 Å². The zero-order valence-electron chi connectivity index (χ0n) is 13.5. The lowest BCUT2D eigenvalue weighted by Gasteiger charge is -2.18. The van der Waals surface area contributed by atoms with Crippen molar-refractivity contribution in [3.05, 3.63) is 29.8 Å². The molecule has 0 spiro atoms. The summed E-state index contributed by atoms with van der Waals surface area (Å²) < 4.78 is 0. The Morgan fingerprint density at radius 1 is 1.04 bits per heavy atom. The van der Waals surface area contributed by atoms with Gasteiger partial charge >= 0.3 is 17.8 Å². The highest BCUT2D eigenvalue weighted by Gasteiger charge is 2.46. The molecular formula is C16H17N3O5. The molecule has 0 aliphatic carbocycles. The number of hydrogen-bond acceptors (Lipinski definition) is 5. The van der Waals surface area contributed by atoms with E-state index in [1.54, 1.807) is 26.0 Å². The van der Waals surface area contributed by atoms with E-state index in [-0.39, 0.29) is 5.78 Å². The van der Waals surface area contributed by atoms with Gasteiger partial charge in [-0.05, 0) is 45.0 Å². The van der Waals surface area contributed by atoms with Crippen LogP contribution in [0.3, 0.4) is 0 Å². The molecule has 0 radical (unpaired) electrons. The van der Waals surface area contributed by atoms with Gasteiger partial charge in [-0.25, -0.2) is 9.69 Å². The van der Waals surface area contributed by atoms with E-state index in [0.717, 1.165) is 4.90 Å². The van der Waals surface area contributed by atoms with E-state index < -0.39 is 36.3 Å². The molecule has 5 amide bonds. The first-order valence-electron chi connectivity index (χ1n) is 7.32. The van der Waals surface area contributed by atoms with E-state index in [4.69, 9.17) is 0 Å². The van der Waals surface area contributed by atoms with E-state index in [1.807, 2.05) is 0 Å². The van der Waals surface area contributed by atoms with Crippen molar-refractivity contribution in [1.82, 2.24) is 9.80 Å². The van der Waals surface area contributed by atoms with Gasteiger partial charge in [-0.2, -0.15) is 0 Å². The molecule has 1 aliphatic rings. The summed E-state index contributed by atoms with van der Waals surface area (Å²) in [5.74, 6) is -2.68. The number of imide groups is 2. The highest BCUT2D eigenvalue weighted by Crippen LogP contribution is 2.16. The van der Waals surface area contributed by atoms with Crippen LogP contribution in [0.25, 0.3) is 0 Å². The van der Waals surface area contributed by atoms with Gasteiger partial charge in [-0.15, -0.1) is 0 Å². The summed E-state index contributed by atoms with van der Waals surface area (Å²) in [6, 6.07) is 4.90. The second kappa shape index (κ2) is 6.61. The lowest BCUT2D eigenvalue weighted by molar-refractivity contribution is -0.144. The quantitative estimate of drug-likeness (QED) is 0.493. The Bertz CT molecular complexity index is 724. The Balaban J connectivity index is 2.04. The standard InChI is InChI=1S/C16H17N3O5/c1-9(2)19-15(23)14(22)18(16(19)24)8-13(21)17-12-6-4-11(5-7-12)10(3)20/h4-7,9H,8H2,1-3H3,(H,17,21). The molecule has 1 N–H and O–H groups in total. The number of carbonyl (C=O) groups excluding carboxylic acids is 5. The Morgan fingerprint density at radius 3 is 2.08 bits per heavy atom. The molecule has 2 rings (SSSR count). The Kier molecular flexibility index (Phi) is 4.77. The predicted octanol–water partition coefficient (Wildman–Crippen LogP) is 1.03. The molecule has 1 aliphatic heterocycles. The maximum Gasteiger partial charge on any atom is 0.334 e. The molecule has 0 aromatic heterocycles. The zero-order chi connectivity index (χ0) is 18.0. The molecule has 8 nitrogen and oxygen atoms in total. The number of urea groups is 1. The topological polar surface area (TPSA) is 104 Å². The van der Waals surface area contributed by atoms with Gasteiger partial charge in [0.15, 0.2) is 5.78 Å². The maximum atomic E-state index is 12.1. The number of nitrogens with zero attached hydrogens (tertiary/aromatic N) is 2. The van der Waals surface area contributed by atoms with Gasteiger partial charge in [0.25, 0.3) is 0 Å². The molecule has 1 heterocycles. The van der Waals surface area contributed by atoms with E-state index in [9.17, 15) is 24.0 Å². The molecule has 126 valence electrons. The van der Waals surface area contributed by atoms with Gasteiger partial charge in [0.1, 0.15) is 6.54 Å². The monoisotopic (exact) mass is 331 g/mol. The molecule has 1 aromatic carbocycles. The number of anilines is 1. The van der Waals surface area contributed by atoms with Crippen molar-refractivity contribution in [2.45, 2.75) is 26.8 Å². The first-order chi connectivity index (χ1) is 11.2. The van der Waals surface area contributed by atoms with Crippen molar-refractivity contribution < 1.29 is 24.0 Å². The summed E-state index contributed by atoms with van der Waals surface area (Å²) >= 11 is 0. The number of rotatable bonds is 5. The third-order valence-corrected chi connectivity index (χ3v) is 3.48. The number of Topliss-reactive ketones (excluding diaryl/α,β-unsaturated/α-hetero) is 1. The van der Waals surface area contributed by atoms with Crippen molar-refractivity contribution in [2.75, 3.05) is 11.9 Å². The Labute approximate surface area is 138 Å². The number of hydrogen-bond donors (Lipinski definition) is 1. The van der Waals surface area contributed by atoms with Crippen LogP contribution in [0.15, 0.2) is 24.3 Å². The minimum Gasteiger partial charge on any atom is -0.325 e. The van der Waals surface area contributed by atoms with Gasteiger partial charge in [0.2, 0.25) is 5.91 Å². The lowest BCUT2D eigenvalue weighted by atomic mass is 10.1.